The lowest BCUT2D eigenvalue weighted by Crippen LogP contribution is -2.39. The number of benzene rings is 2. The molecule has 5 nitrogen and oxygen atoms in total. The van der Waals surface area contributed by atoms with E-state index in [0.717, 1.165) is 33.3 Å². The molecule has 1 saturated heterocycles. The number of para-hydroxylation sites is 1. The lowest BCUT2D eigenvalue weighted by Gasteiger charge is -2.24. The van der Waals surface area contributed by atoms with Gasteiger partial charge in [-0.3, -0.25) is 4.79 Å². The summed E-state index contributed by atoms with van der Waals surface area (Å²) in [6.45, 7) is 2.53. The molecule has 5 rings (SSSR count). The molecule has 1 amide bonds. The molecule has 6 heteroatoms. The number of carbonyl (C=O) groups excluding carboxylic acids is 1. The summed E-state index contributed by atoms with van der Waals surface area (Å²) in [6, 6.07) is 17.3. The number of hydrogen-bond donors (Lipinski definition) is 1. The van der Waals surface area contributed by atoms with Gasteiger partial charge in [0.15, 0.2) is 0 Å². The lowest BCUT2D eigenvalue weighted by molar-refractivity contribution is 0.0941. The molecule has 3 atom stereocenters. The number of allylic oxidation sites excluding steroid dienone is 2. The second kappa shape index (κ2) is 8.78. The highest BCUT2D eigenvalue weighted by atomic mass is 19.2. The van der Waals surface area contributed by atoms with Gasteiger partial charge in [0.05, 0.1) is 22.8 Å². The zero-order valence-corrected chi connectivity index (χ0v) is 19.6. The van der Waals surface area contributed by atoms with Crippen LogP contribution in [0.2, 0.25) is 0 Å². The number of halogens is 1. The molecule has 0 spiro atoms. The van der Waals surface area contributed by atoms with Crippen molar-refractivity contribution in [3.8, 4) is 11.3 Å². The number of nitrogens with zero attached hydrogens (tertiary/aromatic N) is 2. The second-order valence-corrected chi connectivity index (χ2v) is 9.09. The van der Waals surface area contributed by atoms with Gasteiger partial charge in [0.2, 0.25) is 0 Å². The van der Waals surface area contributed by atoms with E-state index in [4.69, 9.17) is 9.72 Å². The van der Waals surface area contributed by atoms with E-state index >= 15 is 0 Å². The maximum atomic E-state index is 14.5. The highest BCUT2D eigenvalue weighted by molar-refractivity contribution is 6.09. The Morgan fingerprint density at radius 3 is 2.65 bits per heavy atom. The Balaban J connectivity index is 1.62. The zero-order valence-electron chi connectivity index (χ0n) is 19.6. The van der Waals surface area contributed by atoms with Crippen LogP contribution in [0.25, 0.3) is 22.2 Å². The van der Waals surface area contributed by atoms with Gasteiger partial charge in [0.1, 0.15) is 6.10 Å². The van der Waals surface area contributed by atoms with Crippen LogP contribution in [-0.4, -0.2) is 47.9 Å². The number of amides is 1. The fraction of sp³-hybridized carbons (Fsp3) is 0.286. The van der Waals surface area contributed by atoms with Gasteiger partial charge in [-0.2, -0.15) is 0 Å². The number of rotatable bonds is 7. The van der Waals surface area contributed by atoms with Crippen molar-refractivity contribution in [3.05, 3.63) is 89.5 Å². The number of nitrogens with one attached hydrogen (secondary N) is 1. The van der Waals surface area contributed by atoms with E-state index in [1.165, 1.54) is 6.08 Å². The molecule has 0 bridgehead atoms. The first kappa shape index (κ1) is 22.4. The van der Waals surface area contributed by atoms with E-state index in [9.17, 15) is 9.18 Å². The summed E-state index contributed by atoms with van der Waals surface area (Å²) < 4.78 is 19.8. The van der Waals surface area contributed by atoms with Crippen LogP contribution in [0.15, 0.2) is 78.4 Å². The molecule has 1 aromatic heterocycles. The van der Waals surface area contributed by atoms with Crippen molar-refractivity contribution in [3.63, 3.8) is 0 Å². The number of aromatic nitrogens is 1. The number of alkyl halides is 1. The lowest BCUT2D eigenvalue weighted by atomic mass is 9.93. The van der Waals surface area contributed by atoms with Gasteiger partial charge in [0.25, 0.3) is 11.8 Å². The number of carbonyl (C=O) groups is 1. The minimum atomic E-state index is -1.73. The quantitative estimate of drug-likeness (QED) is 0.506. The van der Waals surface area contributed by atoms with Crippen LogP contribution < -0.4 is 5.32 Å². The molecule has 1 N–H and O–H groups in total. The van der Waals surface area contributed by atoms with Crippen molar-refractivity contribution in [1.82, 2.24) is 15.2 Å². The smallest absolute Gasteiger partial charge is 0.260 e. The average molecular weight is 458 g/mol. The zero-order chi connectivity index (χ0) is 23.9. The van der Waals surface area contributed by atoms with Crippen LogP contribution in [-0.2, 0) is 11.3 Å². The summed E-state index contributed by atoms with van der Waals surface area (Å²) >= 11 is 0. The average Bonchev–Trinajstić information content (AvgIpc) is 3.54. The highest BCUT2D eigenvalue weighted by Crippen LogP contribution is 2.47. The third-order valence-electron chi connectivity index (χ3n) is 6.37. The van der Waals surface area contributed by atoms with Crippen molar-refractivity contribution in [2.24, 2.45) is 0 Å². The van der Waals surface area contributed by atoms with Gasteiger partial charge in [0, 0.05) is 23.1 Å². The Morgan fingerprint density at radius 2 is 1.91 bits per heavy atom. The summed E-state index contributed by atoms with van der Waals surface area (Å²) in [5.74, 6) is -1.93. The Bertz CT molecular complexity index is 1300. The fourth-order valence-corrected chi connectivity index (χ4v) is 4.71. The predicted molar refractivity (Wildman–Crippen MR) is 132 cm³/mol. The van der Waals surface area contributed by atoms with Gasteiger partial charge in [-0.1, -0.05) is 67.6 Å². The van der Waals surface area contributed by atoms with Crippen molar-refractivity contribution in [2.75, 3.05) is 14.1 Å². The van der Waals surface area contributed by atoms with Gasteiger partial charge in [-0.25, -0.2) is 9.37 Å². The monoisotopic (exact) mass is 457 g/mol. The summed E-state index contributed by atoms with van der Waals surface area (Å²) in [6.07, 6.45) is 4.94. The van der Waals surface area contributed by atoms with Crippen LogP contribution in [0.4, 0.5) is 4.39 Å². The molecule has 174 valence electrons. The minimum absolute atomic E-state index is 0.194. The first-order valence-electron chi connectivity index (χ1n) is 11.6. The first-order valence-corrected chi connectivity index (χ1v) is 11.6. The molecule has 2 heterocycles. The van der Waals surface area contributed by atoms with Crippen molar-refractivity contribution < 1.29 is 13.9 Å². The SMILES string of the molecule is CCC(NC(=O)c1c(CN(C)C)c(-c2ccccc2)nc2ccccc12)C1=CC=CC2(F)OC12. The summed E-state index contributed by atoms with van der Waals surface area (Å²) in [5.41, 5.74) is 4.74. The molecule has 1 fully saturated rings. The number of hydrogen-bond acceptors (Lipinski definition) is 4. The summed E-state index contributed by atoms with van der Waals surface area (Å²) in [7, 11) is 3.95. The molecule has 2 aliphatic rings. The topological polar surface area (TPSA) is 57.8 Å². The number of epoxide rings is 1. The van der Waals surface area contributed by atoms with Crippen LogP contribution in [0.3, 0.4) is 0 Å². The van der Waals surface area contributed by atoms with E-state index in [1.807, 2.05) is 86.6 Å². The first-order chi connectivity index (χ1) is 16.4. The molecule has 3 aromatic rings. The molecule has 3 unspecified atom stereocenters. The number of ether oxygens (including phenoxy) is 1. The molecular formula is C28H28FN3O2. The van der Waals surface area contributed by atoms with Gasteiger partial charge >= 0.3 is 0 Å². The van der Waals surface area contributed by atoms with Crippen LogP contribution in [0.1, 0.15) is 29.3 Å². The van der Waals surface area contributed by atoms with E-state index in [1.54, 1.807) is 6.08 Å². The molecule has 34 heavy (non-hydrogen) atoms. The van der Waals surface area contributed by atoms with Crippen molar-refractivity contribution >= 4 is 16.8 Å². The predicted octanol–water partition coefficient (Wildman–Crippen LogP) is 5.03. The van der Waals surface area contributed by atoms with Gasteiger partial charge in [-0.15, -0.1) is 0 Å². The maximum absolute atomic E-state index is 14.5. The molecular weight excluding hydrogens is 429 g/mol. The van der Waals surface area contributed by atoms with E-state index < -0.39 is 12.0 Å². The molecule has 0 radical (unpaired) electrons. The standard InChI is InChI=1S/C28H28FN3O2/c1-4-22(20-14-10-16-28(29)26(20)34-28)31-27(33)24-19-13-8-9-15-23(19)30-25(21(24)17-32(2)3)18-11-6-5-7-12-18/h5-16,22,26H,4,17H2,1-3H3,(H,31,33). The van der Waals surface area contributed by atoms with E-state index in [0.29, 0.717) is 18.5 Å². The summed E-state index contributed by atoms with van der Waals surface area (Å²) in [5, 5.41) is 3.98. The van der Waals surface area contributed by atoms with Gasteiger partial charge in [-0.05, 0) is 38.2 Å². The van der Waals surface area contributed by atoms with Crippen LogP contribution in [0, 0.1) is 0 Å². The van der Waals surface area contributed by atoms with Crippen molar-refractivity contribution in [1.29, 1.82) is 0 Å². The van der Waals surface area contributed by atoms with Crippen LogP contribution >= 0.6 is 0 Å². The number of fused-ring (bicyclic) bond motifs is 2. The minimum Gasteiger partial charge on any atom is -0.345 e. The van der Waals surface area contributed by atoms with Gasteiger partial charge < -0.3 is 15.0 Å². The molecule has 2 aromatic carbocycles. The number of pyridine rings is 1. The maximum Gasteiger partial charge on any atom is 0.260 e. The normalized spacial score (nSPS) is 21.8. The Hall–Kier alpha value is -3.35. The molecule has 1 aliphatic carbocycles. The fourth-order valence-electron chi connectivity index (χ4n) is 4.71. The highest BCUT2D eigenvalue weighted by Gasteiger charge is 2.60. The third kappa shape index (κ3) is 4.04. The van der Waals surface area contributed by atoms with E-state index in [-0.39, 0.29) is 11.9 Å². The van der Waals surface area contributed by atoms with E-state index in [2.05, 4.69) is 5.32 Å². The Kier molecular flexibility index (Phi) is 5.80. The Labute approximate surface area is 198 Å². The Morgan fingerprint density at radius 1 is 1.18 bits per heavy atom. The molecule has 1 aliphatic heterocycles. The largest absolute Gasteiger partial charge is 0.345 e. The van der Waals surface area contributed by atoms with Crippen LogP contribution in [0.5, 0.6) is 0 Å². The second-order valence-electron chi connectivity index (χ2n) is 9.09. The third-order valence-corrected chi connectivity index (χ3v) is 6.37. The van der Waals surface area contributed by atoms with Crippen molar-refractivity contribution in [2.45, 2.75) is 37.9 Å². The molecule has 0 saturated carbocycles. The summed E-state index contributed by atoms with van der Waals surface area (Å²) in [4.78, 5) is 20.9.